The van der Waals surface area contributed by atoms with E-state index in [1.807, 2.05) is 4.72 Å². The van der Waals surface area contributed by atoms with Crippen molar-refractivity contribution in [1.82, 2.24) is 9.03 Å². The molecule has 7 nitrogen and oxygen atoms in total. The van der Waals surface area contributed by atoms with Crippen LogP contribution in [0.1, 0.15) is 20.3 Å². The average Bonchev–Trinajstić information content (AvgIpc) is 2.63. The van der Waals surface area contributed by atoms with Crippen LogP contribution in [0, 0.1) is 5.92 Å². The smallest absolute Gasteiger partial charge is 0.422 e. The summed E-state index contributed by atoms with van der Waals surface area (Å²) >= 11 is 0. The van der Waals surface area contributed by atoms with Crippen LogP contribution < -0.4 is 10.5 Å². The molecule has 0 bridgehead atoms. The zero-order chi connectivity index (χ0) is 13.1. The summed E-state index contributed by atoms with van der Waals surface area (Å²) in [6.07, 6.45) is -0.590. The summed E-state index contributed by atoms with van der Waals surface area (Å²) in [4.78, 5) is 11.2. The summed E-state index contributed by atoms with van der Waals surface area (Å²) in [5, 5.41) is 0. The number of nitrogens with two attached hydrogens (primary N) is 1. The fourth-order valence-electron chi connectivity index (χ4n) is 1.62. The van der Waals surface area contributed by atoms with E-state index < -0.39 is 16.3 Å². The van der Waals surface area contributed by atoms with Gasteiger partial charge in [-0.3, -0.25) is 0 Å². The second-order valence-electron chi connectivity index (χ2n) is 4.31. The molecule has 1 saturated heterocycles. The van der Waals surface area contributed by atoms with Crippen LogP contribution in [0.2, 0.25) is 0 Å². The maximum atomic E-state index is 11.8. The van der Waals surface area contributed by atoms with Gasteiger partial charge in [-0.2, -0.15) is 12.7 Å². The van der Waals surface area contributed by atoms with Gasteiger partial charge in [-0.25, -0.2) is 9.52 Å². The Balaban J connectivity index is 2.55. The van der Waals surface area contributed by atoms with Gasteiger partial charge in [0.2, 0.25) is 0 Å². The van der Waals surface area contributed by atoms with Crippen molar-refractivity contribution in [2.24, 2.45) is 11.7 Å². The summed E-state index contributed by atoms with van der Waals surface area (Å²) < 4.78 is 31.3. The van der Waals surface area contributed by atoms with Crippen molar-refractivity contribution >= 4 is 16.3 Å². The minimum absolute atomic E-state index is 0.160. The molecule has 3 N–H and O–H groups in total. The molecule has 0 saturated carbocycles. The predicted molar refractivity (Wildman–Crippen MR) is 62.4 cm³/mol. The van der Waals surface area contributed by atoms with Crippen molar-refractivity contribution < 1.29 is 17.9 Å². The summed E-state index contributed by atoms with van der Waals surface area (Å²) in [5.41, 5.74) is 5.47. The fraction of sp³-hybridized carbons (Fsp3) is 0.889. The molecule has 17 heavy (non-hydrogen) atoms. The van der Waals surface area contributed by atoms with E-state index in [9.17, 15) is 13.2 Å². The molecular formula is C9H19N3O4S. The molecule has 1 aliphatic rings. The number of carbonyl (C=O) groups is 1. The predicted octanol–water partition coefficient (Wildman–Crippen LogP) is -0.354. The topological polar surface area (TPSA) is 102 Å². The lowest BCUT2D eigenvalue weighted by Gasteiger charge is -2.17. The molecule has 1 fully saturated rings. The molecule has 100 valence electrons. The molecule has 1 unspecified atom stereocenters. The molecule has 1 atom stereocenters. The van der Waals surface area contributed by atoms with Crippen LogP contribution in [0.3, 0.4) is 0 Å². The molecule has 0 aromatic heterocycles. The molecule has 0 radical (unpaired) electrons. The monoisotopic (exact) mass is 265 g/mol. The quantitative estimate of drug-likeness (QED) is 0.723. The van der Waals surface area contributed by atoms with E-state index in [4.69, 9.17) is 10.5 Å². The highest BCUT2D eigenvalue weighted by Crippen LogP contribution is 2.17. The Bertz CT molecular complexity index is 368. The van der Waals surface area contributed by atoms with Crippen molar-refractivity contribution in [2.75, 3.05) is 19.6 Å². The second kappa shape index (κ2) is 5.65. The first-order chi connectivity index (χ1) is 7.85. The second-order valence-corrected chi connectivity index (χ2v) is 5.98. The number of nitrogens with zero attached hydrogens (tertiary/aromatic N) is 1. The summed E-state index contributed by atoms with van der Waals surface area (Å²) in [6, 6.07) is 0. The van der Waals surface area contributed by atoms with Gasteiger partial charge < -0.3 is 10.5 Å². The number of carbonyl (C=O) groups excluding carboxylic acids is 1. The van der Waals surface area contributed by atoms with Gasteiger partial charge in [0.25, 0.3) is 0 Å². The van der Waals surface area contributed by atoms with Crippen LogP contribution in [0.25, 0.3) is 0 Å². The van der Waals surface area contributed by atoms with Gasteiger partial charge in [-0.05, 0) is 32.7 Å². The van der Waals surface area contributed by atoms with Gasteiger partial charge in [0.1, 0.15) is 0 Å². The first kappa shape index (κ1) is 14.2. The van der Waals surface area contributed by atoms with Crippen LogP contribution in [0.5, 0.6) is 0 Å². The van der Waals surface area contributed by atoms with Gasteiger partial charge in [0.15, 0.2) is 0 Å². The minimum Gasteiger partial charge on any atom is -0.446 e. The lowest BCUT2D eigenvalue weighted by atomic mass is 10.1. The molecule has 0 aromatic rings. The average molecular weight is 265 g/mol. The van der Waals surface area contributed by atoms with Crippen molar-refractivity contribution in [3.63, 3.8) is 0 Å². The van der Waals surface area contributed by atoms with Crippen LogP contribution in [-0.4, -0.2) is 44.6 Å². The van der Waals surface area contributed by atoms with E-state index in [0.717, 1.165) is 6.42 Å². The Morgan fingerprint density at radius 2 is 2.24 bits per heavy atom. The van der Waals surface area contributed by atoms with E-state index in [2.05, 4.69) is 0 Å². The van der Waals surface area contributed by atoms with E-state index in [1.54, 1.807) is 13.8 Å². The number of amides is 1. The number of hydrogen-bond acceptors (Lipinski definition) is 5. The molecule has 1 amide bonds. The van der Waals surface area contributed by atoms with Gasteiger partial charge in [0, 0.05) is 13.1 Å². The van der Waals surface area contributed by atoms with Crippen molar-refractivity contribution in [2.45, 2.75) is 26.4 Å². The van der Waals surface area contributed by atoms with Crippen molar-refractivity contribution in [3.05, 3.63) is 0 Å². The molecular weight excluding hydrogens is 246 g/mol. The van der Waals surface area contributed by atoms with Crippen molar-refractivity contribution in [3.8, 4) is 0 Å². The Hall–Kier alpha value is -0.860. The zero-order valence-corrected chi connectivity index (χ0v) is 10.9. The lowest BCUT2D eigenvalue weighted by molar-refractivity contribution is 0.121. The number of rotatable bonds is 4. The largest absolute Gasteiger partial charge is 0.446 e. The maximum absolute atomic E-state index is 11.8. The third-order valence-electron chi connectivity index (χ3n) is 2.48. The Labute approximate surface area is 101 Å². The van der Waals surface area contributed by atoms with E-state index in [1.165, 1.54) is 4.31 Å². The number of hydrogen-bond donors (Lipinski definition) is 2. The van der Waals surface area contributed by atoms with Gasteiger partial charge in [0.05, 0.1) is 6.10 Å². The SMILES string of the molecule is CC(C)OC(=O)NS(=O)(=O)N1CCC(CN)C1. The normalized spacial score (nSPS) is 21.8. The minimum atomic E-state index is -3.79. The van der Waals surface area contributed by atoms with E-state index >= 15 is 0 Å². The first-order valence-electron chi connectivity index (χ1n) is 5.53. The van der Waals surface area contributed by atoms with Gasteiger partial charge in [-0.15, -0.1) is 0 Å². The van der Waals surface area contributed by atoms with Gasteiger partial charge >= 0.3 is 16.3 Å². The zero-order valence-electron chi connectivity index (χ0n) is 10.0. The van der Waals surface area contributed by atoms with Crippen LogP contribution in [0.15, 0.2) is 0 Å². The molecule has 0 aliphatic carbocycles. The highest BCUT2D eigenvalue weighted by Gasteiger charge is 2.32. The molecule has 0 aromatic carbocycles. The highest BCUT2D eigenvalue weighted by molar-refractivity contribution is 7.87. The molecule has 0 spiro atoms. The summed E-state index contributed by atoms with van der Waals surface area (Å²) in [7, 11) is -3.79. The Kier molecular flexibility index (Phi) is 4.72. The standard InChI is InChI=1S/C9H19N3O4S/c1-7(2)16-9(13)11-17(14,15)12-4-3-8(5-10)6-12/h7-8H,3-6,10H2,1-2H3,(H,11,13). The van der Waals surface area contributed by atoms with E-state index in [0.29, 0.717) is 19.6 Å². The highest BCUT2D eigenvalue weighted by atomic mass is 32.2. The van der Waals surface area contributed by atoms with E-state index in [-0.39, 0.29) is 12.0 Å². The molecule has 8 heteroatoms. The Morgan fingerprint density at radius 1 is 1.59 bits per heavy atom. The van der Waals surface area contributed by atoms with Crippen molar-refractivity contribution in [1.29, 1.82) is 0 Å². The maximum Gasteiger partial charge on any atom is 0.422 e. The summed E-state index contributed by atoms with van der Waals surface area (Å²) in [5.74, 6) is 0.160. The number of ether oxygens (including phenoxy) is 1. The van der Waals surface area contributed by atoms with Crippen LogP contribution >= 0.6 is 0 Å². The van der Waals surface area contributed by atoms with Crippen LogP contribution in [0.4, 0.5) is 4.79 Å². The summed E-state index contributed by atoms with van der Waals surface area (Å²) in [6.45, 7) is 4.47. The molecule has 1 aliphatic heterocycles. The lowest BCUT2D eigenvalue weighted by Crippen LogP contribution is -2.43. The first-order valence-corrected chi connectivity index (χ1v) is 6.97. The van der Waals surface area contributed by atoms with Gasteiger partial charge in [-0.1, -0.05) is 0 Å². The molecule has 1 heterocycles. The Morgan fingerprint density at radius 3 is 2.71 bits per heavy atom. The fourth-order valence-corrected chi connectivity index (χ4v) is 2.76. The third-order valence-corrected chi connectivity index (χ3v) is 3.91. The number of nitrogens with one attached hydrogen (secondary N) is 1. The van der Waals surface area contributed by atoms with Crippen LogP contribution in [-0.2, 0) is 14.9 Å². The third kappa shape index (κ3) is 4.14. The molecule has 1 rings (SSSR count).